The van der Waals surface area contributed by atoms with Crippen molar-refractivity contribution in [1.29, 1.82) is 0 Å². The van der Waals surface area contributed by atoms with Gasteiger partial charge in [-0.2, -0.15) is 0 Å². The Hall–Kier alpha value is 0.314. The fraction of sp³-hybridized carbons (Fsp3) is 0.941. The fourth-order valence-corrected chi connectivity index (χ4v) is 14.8. The average molecular weight is 669 g/mol. The molecule has 2 N–H and O–H groups in total. The fourth-order valence-electron chi connectivity index (χ4n) is 5.93. The van der Waals surface area contributed by atoms with Gasteiger partial charge < -0.3 is 19.3 Å². The van der Waals surface area contributed by atoms with Crippen LogP contribution in [-0.2, 0) is 32.9 Å². The predicted octanol–water partition coefficient (Wildman–Crippen LogP) is 13.3. The van der Waals surface area contributed by atoms with Crippen molar-refractivity contribution < 1.29 is 43.1 Å². The van der Waals surface area contributed by atoms with Gasteiger partial charge in [-0.15, -0.1) is 0 Å². The molecule has 5 nitrogen and oxygen atoms in total. The van der Waals surface area contributed by atoms with Crippen molar-refractivity contribution in [2.24, 2.45) is 0 Å². The van der Waals surface area contributed by atoms with E-state index in [-0.39, 0.29) is 5.06 Å². The van der Waals surface area contributed by atoms with Crippen molar-refractivity contribution in [3.8, 4) is 0 Å². The van der Waals surface area contributed by atoms with E-state index in [1.54, 1.807) is 0 Å². The second-order valence-corrected chi connectivity index (χ2v) is 19.0. The van der Waals surface area contributed by atoms with Crippen LogP contribution in [0.25, 0.3) is 0 Å². The van der Waals surface area contributed by atoms with Crippen LogP contribution in [0.2, 0.25) is 0 Å². The number of hydrogen-bond acceptors (Lipinski definition) is 5. The molecule has 0 fully saturated rings. The van der Waals surface area contributed by atoms with Gasteiger partial charge in [0.1, 0.15) is 19.3 Å². The molecule has 8 heteroatoms. The van der Waals surface area contributed by atoms with Gasteiger partial charge in [0.05, 0.1) is 0 Å². The van der Waals surface area contributed by atoms with Gasteiger partial charge in [0.25, 0.3) is 5.95 Å². The van der Waals surface area contributed by atoms with Crippen LogP contribution in [0.5, 0.6) is 0 Å². The molecule has 0 unspecified atom stereocenters. The van der Waals surface area contributed by atoms with Crippen molar-refractivity contribution in [2.75, 3.05) is 24.6 Å². The van der Waals surface area contributed by atoms with E-state index in [2.05, 4.69) is 27.7 Å². The van der Waals surface area contributed by atoms with Crippen LogP contribution in [0.4, 0.5) is 0 Å². The van der Waals surface area contributed by atoms with Crippen molar-refractivity contribution in [3.63, 3.8) is 0 Å². The molecule has 0 spiro atoms. The van der Waals surface area contributed by atoms with Crippen LogP contribution in [0.3, 0.4) is 0 Å². The molecule has 42 heavy (non-hydrogen) atoms. The van der Waals surface area contributed by atoms with E-state index < -0.39 is 20.2 Å². The van der Waals surface area contributed by atoms with Crippen molar-refractivity contribution >= 4 is 14.3 Å². The summed E-state index contributed by atoms with van der Waals surface area (Å²) in [6.45, 7) is 8.84. The molecule has 0 aliphatic rings. The maximum atomic E-state index is 14.8. The van der Waals surface area contributed by atoms with Crippen LogP contribution in [-0.4, -0.2) is 34.9 Å². The molecular weight excluding hydrogens is 598 g/mol. The molecule has 0 rings (SSSR count). The number of unbranched alkanes of at least 4 members (excludes halogenated alkanes) is 20. The maximum absolute atomic E-state index is 14.8. The van der Waals surface area contributed by atoms with Crippen LogP contribution < -0.4 is 0 Å². The van der Waals surface area contributed by atoms with Gasteiger partial charge in [-0.25, -0.2) is 0 Å². The third kappa shape index (κ3) is 22.8. The summed E-state index contributed by atoms with van der Waals surface area (Å²) in [5, 5.41) is 21.5. The Morgan fingerprint density at radius 1 is 0.405 bits per heavy atom. The first kappa shape index (κ1) is 44.4. The van der Waals surface area contributed by atoms with E-state index >= 15 is 0 Å². The number of hydrogen-bond donors (Lipinski definition) is 2. The van der Waals surface area contributed by atoms with E-state index in [0.717, 1.165) is 97.5 Å². The Labute approximate surface area is 273 Å². The third-order valence-corrected chi connectivity index (χ3v) is 16.7. The Bertz CT molecular complexity index is 633. The first-order valence-corrected chi connectivity index (χ1v) is 22.6. The van der Waals surface area contributed by atoms with Gasteiger partial charge in [-0.05, 0) is 25.7 Å². The van der Waals surface area contributed by atoms with Crippen LogP contribution in [0, 0.1) is 0 Å². The van der Waals surface area contributed by atoms with Crippen molar-refractivity contribution in [3.05, 3.63) is 11.0 Å². The zero-order valence-corrected chi connectivity index (χ0v) is 31.7. The molecule has 250 valence electrons. The van der Waals surface area contributed by atoms with E-state index in [9.17, 15) is 19.3 Å². The van der Waals surface area contributed by atoms with Crippen LogP contribution in [0.15, 0.2) is 11.0 Å². The summed E-state index contributed by atoms with van der Waals surface area (Å²) in [6.07, 6.45) is 28.2. The Morgan fingerprint density at radius 2 is 0.595 bits per heavy atom. The molecule has 0 aliphatic heterocycles. The molecular formula is C34H70O5P2Ti. The first-order chi connectivity index (χ1) is 20.3. The summed E-state index contributed by atoms with van der Waals surface area (Å²) in [4.78, 5) is 0. The third-order valence-electron chi connectivity index (χ3n) is 8.46. The molecule has 0 aromatic carbocycles. The van der Waals surface area contributed by atoms with Crippen LogP contribution in [0.1, 0.15) is 182 Å². The standard InChI is InChI=1S/C34H70O4P2.O.Ti/c1-5-9-13-17-21-25-29-39(37,30-26-22-18-14-10-6-2)34(33(35)36)40(38,31-27-23-19-15-11-7-3)32-28-24-20-16-12-8-4;;/h35-36H,5-32H2,1-4H3;;. The summed E-state index contributed by atoms with van der Waals surface area (Å²) >= 11 is 0.750. The Kier molecular flexibility index (Phi) is 33.1. The van der Waals surface area contributed by atoms with Gasteiger partial charge in [0, 0.05) is 24.6 Å². The van der Waals surface area contributed by atoms with Crippen LogP contribution >= 0.6 is 14.3 Å². The molecule has 0 amide bonds. The zero-order valence-electron chi connectivity index (χ0n) is 28.3. The molecule has 0 aromatic heterocycles. The summed E-state index contributed by atoms with van der Waals surface area (Å²) in [5.41, 5.74) is 0. The monoisotopic (exact) mass is 668 g/mol. The summed E-state index contributed by atoms with van der Waals surface area (Å²) in [5.74, 6) is -0.861. The van der Waals surface area contributed by atoms with Gasteiger partial charge in [-0.1, -0.05) is 156 Å². The Morgan fingerprint density at radius 3 is 0.786 bits per heavy atom. The molecule has 0 radical (unpaired) electrons. The second-order valence-electron chi connectivity index (χ2n) is 12.4. The number of aliphatic hydroxyl groups is 2. The van der Waals surface area contributed by atoms with Gasteiger partial charge >= 0.3 is 23.7 Å². The molecule has 0 heterocycles. The quantitative estimate of drug-likeness (QED) is 0.0344. The SMILES string of the molecule is CCCCCCCCP(=O)(CCCCCCCC)C(=C(O)O)P(=O)(CCCCCCCC)CCCCCCCC.[O]=[Ti]. The minimum absolute atomic E-state index is 0.129. The number of rotatable bonds is 30. The normalized spacial score (nSPS) is 11.7. The minimum atomic E-state index is -3.13. The van der Waals surface area contributed by atoms with E-state index in [4.69, 9.17) is 3.32 Å². The molecule has 0 aromatic rings. The Balaban J connectivity index is 0. The molecule has 0 saturated carbocycles. The first-order valence-electron chi connectivity index (χ1n) is 17.8. The summed E-state index contributed by atoms with van der Waals surface area (Å²) in [7, 11) is -6.27. The van der Waals surface area contributed by atoms with E-state index in [0.29, 0.717) is 24.6 Å². The molecule has 0 aliphatic carbocycles. The second kappa shape index (κ2) is 31.3. The van der Waals surface area contributed by atoms with E-state index in [1.807, 2.05) is 0 Å². The summed E-state index contributed by atoms with van der Waals surface area (Å²) < 4.78 is 37.8. The zero-order chi connectivity index (χ0) is 32.0. The van der Waals surface area contributed by atoms with Crippen molar-refractivity contribution in [1.82, 2.24) is 0 Å². The summed E-state index contributed by atoms with van der Waals surface area (Å²) in [6, 6.07) is 0. The average Bonchev–Trinajstić information content (AvgIpc) is 2.97. The van der Waals surface area contributed by atoms with E-state index in [1.165, 1.54) is 77.0 Å². The van der Waals surface area contributed by atoms with Gasteiger partial charge in [-0.3, -0.25) is 0 Å². The van der Waals surface area contributed by atoms with Gasteiger partial charge in [0.2, 0.25) is 0 Å². The molecule has 0 saturated heterocycles. The number of aliphatic hydroxyl groups excluding tert-OH is 1. The molecule has 0 bridgehead atoms. The topological polar surface area (TPSA) is 91.7 Å². The van der Waals surface area contributed by atoms with Crippen molar-refractivity contribution in [2.45, 2.75) is 182 Å². The molecule has 0 atom stereocenters. The van der Waals surface area contributed by atoms with Gasteiger partial charge in [0.15, 0.2) is 0 Å². The predicted molar refractivity (Wildman–Crippen MR) is 181 cm³/mol.